The Kier molecular flexibility index (Phi) is 5.95. The number of hydrogen-bond acceptors (Lipinski definition) is 7. The van der Waals surface area contributed by atoms with Crippen molar-refractivity contribution in [2.75, 3.05) is 7.11 Å². The summed E-state index contributed by atoms with van der Waals surface area (Å²) in [6.07, 6.45) is 6.00. The molecule has 0 saturated heterocycles. The van der Waals surface area contributed by atoms with Crippen LogP contribution in [0.15, 0.2) is 47.8 Å². The van der Waals surface area contributed by atoms with Gasteiger partial charge in [0.05, 0.1) is 28.5 Å². The maximum absolute atomic E-state index is 12.9. The molecule has 0 amide bonds. The van der Waals surface area contributed by atoms with E-state index in [1.165, 1.54) is 29.7 Å². The summed E-state index contributed by atoms with van der Waals surface area (Å²) in [6, 6.07) is 15.3. The molecule has 164 valence electrons. The second-order valence-corrected chi connectivity index (χ2v) is 9.71. The van der Waals surface area contributed by atoms with E-state index in [0.29, 0.717) is 27.6 Å². The summed E-state index contributed by atoms with van der Waals surface area (Å²) in [6.45, 7) is 0. The zero-order valence-corrected chi connectivity index (χ0v) is 19.6. The number of nitriles is 1. The maximum atomic E-state index is 12.9. The molecule has 2 aromatic heterocycles. The fraction of sp³-hybridized carbons (Fsp3) is 0.192. The average Bonchev–Trinajstić information content (AvgIpc) is 3.47. The van der Waals surface area contributed by atoms with Gasteiger partial charge in [-0.15, -0.1) is 22.7 Å². The third-order valence-electron chi connectivity index (χ3n) is 5.63. The van der Waals surface area contributed by atoms with Crippen LogP contribution in [0.4, 0.5) is 0 Å². The third kappa shape index (κ3) is 4.28. The van der Waals surface area contributed by atoms with Gasteiger partial charge in [0.2, 0.25) is 0 Å². The third-order valence-corrected chi connectivity index (χ3v) is 7.79. The van der Waals surface area contributed by atoms with Crippen LogP contribution in [0.5, 0.6) is 11.5 Å². The minimum Gasteiger partial charge on any atom is -0.493 e. The number of hydrogen-bond donors (Lipinski definition) is 0. The van der Waals surface area contributed by atoms with E-state index in [1.807, 2.05) is 29.6 Å². The Morgan fingerprint density at radius 2 is 2.00 bits per heavy atom. The molecule has 0 bridgehead atoms. The van der Waals surface area contributed by atoms with Gasteiger partial charge >= 0.3 is 5.97 Å². The summed E-state index contributed by atoms with van der Waals surface area (Å²) < 4.78 is 12.2. The van der Waals surface area contributed by atoms with Crippen molar-refractivity contribution in [3.63, 3.8) is 0 Å². The molecule has 0 saturated carbocycles. The van der Waals surface area contributed by atoms with E-state index in [1.54, 1.807) is 35.6 Å². The van der Waals surface area contributed by atoms with Crippen molar-refractivity contribution < 1.29 is 14.3 Å². The number of allylic oxidation sites excluding steroid dienone is 1. The Hall–Kier alpha value is -3.47. The lowest BCUT2D eigenvalue weighted by atomic mass is 9.96. The first-order valence-corrected chi connectivity index (χ1v) is 12.3. The molecular weight excluding hydrogens is 452 g/mol. The van der Waals surface area contributed by atoms with Gasteiger partial charge in [-0.3, -0.25) is 0 Å². The molecule has 0 aliphatic heterocycles. The van der Waals surface area contributed by atoms with Gasteiger partial charge in [-0.25, -0.2) is 9.78 Å². The van der Waals surface area contributed by atoms with Gasteiger partial charge in [0.25, 0.3) is 0 Å². The van der Waals surface area contributed by atoms with E-state index >= 15 is 0 Å². The molecule has 1 aliphatic rings. The van der Waals surface area contributed by atoms with Crippen LogP contribution >= 0.6 is 22.7 Å². The number of carbonyl (C=O) groups excluding carboxylic acids is 1. The average molecular weight is 473 g/mol. The summed E-state index contributed by atoms with van der Waals surface area (Å²) in [5, 5.41) is 12.3. The van der Waals surface area contributed by atoms with Crippen molar-refractivity contribution >= 4 is 50.5 Å². The minimum atomic E-state index is -0.358. The lowest BCUT2D eigenvalue weighted by molar-refractivity contribution is 0.0729. The molecule has 2 heterocycles. The molecule has 0 unspecified atom stereocenters. The first-order chi connectivity index (χ1) is 16.2. The Morgan fingerprint density at radius 1 is 1.15 bits per heavy atom. The van der Waals surface area contributed by atoms with Crippen LogP contribution in [0.1, 0.15) is 44.2 Å². The van der Waals surface area contributed by atoms with Crippen molar-refractivity contribution in [2.45, 2.75) is 25.7 Å². The number of fused-ring (bicyclic) bond motifs is 2. The molecule has 0 radical (unpaired) electrons. The van der Waals surface area contributed by atoms with Crippen LogP contribution in [-0.4, -0.2) is 18.1 Å². The van der Waals surface area contributed by atoms with Crippen molar-refractivity contribution in [3.8, 4) is 17.6 Å². The Balaban J connectivity index is 1.41. The number of methoxy groups -OCH3 is 1. The number of aryl methyl sites for hydroxylation is 1. The number of carbonyl (C=O) groups is 1. The van der Waals surface area contributed by atoms with Crippen LogP contribution in [-0.2, 0) is 12.8 Å². The zero-order valence-electron chi connectivity index (χ0n) is 18.0. The van der Waals surface area contributed by atoms with Crippen LogP contribution in [0.2, 0.25) is 0 Å². The summed E-state index contributed by atoms with van der Waals surface area (Å²) in [5.41, 5.74) is 3.88. The number of aromatic nitrogens is 1. The smallest absolute Gasteiger partial charge is 0.344 e. The Labute approximate surface area is 199 Å². The quantitative estimate of drug-likeness (QED) is 0.188. The maximum Gasteiger partial charge on any atom is 0.344 e. The molecule has 0 fully saturated rings. The highest BCUT2D eigenvalue weighted by molar-refractivity contribution is 7.19. The number of ether oxygens (including phenoxy) is 2. The predicted molar refractivity (Wildman–Crippen MR) is 132 cm³/mol. The number of thiophene rings is 1. The van der Waals surface area contributed by atoms with Gasteiger partial charge < -0.3 is 9.47 Å². The van der Waals surface area contributed by atoms with Gasteiger partial charge in [0.15, 0.2) is 11.5 Å². The lowest BCUT2D eigenvalue weighted by Crippen LogP contribution is -2.12. The fourth-order valence-electron chi connectivity index (χ4n) is 3.97. The van der Waals surface area contributed by atoms with E-state index in [-0.39, 0.29) is 5.97 Å². The normalized spacial score (nSPS) is 13.4. The number of nitrogens with zero attached hydrogens (tertiary/aromatic N) is 2. The van der Waals surface area contributed by atoms with E-state index in [0.717, 1.165) is 40.6 Å². The Bertz CT molecular complexity index is 1390. The number of para-hydroxylation sites is 1. The van der Waals surface area contributed by atoms with Crippen molar-refractivity contribution in [2.24, 2.45) is 0 Å². The number of thiazole rings is 1. The fourth-order valence-corrected chi connectivity index (χ4v) is 6.02. The van der Waals surface area contributed by atoms with Crippen LogP contribution in [0.3, 0.4) is 0 Å². The van der Waals surface area contributed by atoms with E-state index in [9.17, 15) is 10.1 Å². The van der Waals surface area contributed by atoms with Crippen LogP contribution in [0, 0.1) is 11.3 Å². The first kappa shape index (κ1) is 21.4. The number of rotatable bonds is 5. The first-order valence-electron chi connectivity index (χ1n) is 10.6. The van der Waals surface area contributed by atoms with Gasteiger partial charge in [0.1, 0.15) is 11.1 Å². The van der Waals surface area contributed by atoms with E-state index in [2.05, 4.69) is 11.1 Å². The number of esters is 1. The van der Waals surface area contributed by atoms with Crippen molar-refractivity contribution in [1.82, 2.24) is 4.98 Å². The van der Waals surface area contributed by atoms with Gasteiger partial charge in [-0.2, -0.15) is 5.26 Å². The monoisotopic (exact) mass is 472 g/mol. The topological polar surface area (TPSA) is 72.2 Å². The summed E-state index contributed by atoms with van der Waals surface area (Å²) in [4.78, 5) is 18.7. The van der Waals surface area contributed by atoms with Crippen LogP contribution < -0.4 is 9.47 Å². The van der Waals surface area contributed by atoms with Crippen molar-refractivity contribution in [1.29, 1.82) is 5.26 Å². The minimum absolute atomic E-state index is 0.355. The second-order valence-electron chi connectivity index (χ2n) is 7.71. The van der Waals surface area contributed by atoms with Crippen molar-refractivity contribution in [3.05, 3.63) is 74.4 Å². The number of benzene rings is 2. The highest BCUT2D eigenvalue weighted by Crippen LogP contribution is 2.34. The lowest BCUT2D eigenvalue weighted by Gasteiger charge is -2.13. The molecule has 4 aromatic rings. The molecule has 0 spiro atoms. The standard InChI is InChI=1S/C26H20N2O3S2/c1-30-22-13-16(12-17(14-27)25-28-20-7-3-5-9-24(20)33-25)10-11-21(22)31-26(29)19-15-32-23-8-4-2-6-18(19)23/h3,5,7,9-13,15H,2,4,6,8H2,1H3. The molecule has 2 aromatic carbocycles. The summed E-state index contributed by atoms with van der Waals surface area (Å²) in [5.74, 6) is 0.430. The molecule has 7 heteroatoms. The molecule has 5 rings (SSSR count). The Morgan fingerprint density at radius 3 is 2.82 bits per heavy atom. The van der Waals surface area contributed by atoms with Crippen LogP contribution in [0.25, 0.3) is 21.9 Å². The van der Waals surface area contributed by atoms with E-state index in [4.69, 9.17) is 9.47 Å². The largest absolute Gasteiger partial charge is 0.493 e. The highest BCUT2D eigenvalue weighted by Gasteiger charge is 2.22. The molecule has 5 nitrogen and oxygen atoms in total. The summed E-state index contributed by atoms with van der Waals surface area (Å²) >= 11 is 3.12. The molecule has 0 atom stereocenters. The molecule has 1 aliphatic carbocycles. The summed E-state index contributed by atoms with van der Waals surface area (Å²) in [7, 11) is 1.53. The molecule has 33 heavy (non-hydrogen) atoms. The van der Waals surface area contributed by atoms with E-state index < -0.39 is 0 Å². The zero-order chi connectivity index (χ0) is 22.8. The second kappa shape index (κ2) is 9.18. The molecule has 0 N–H and O–H groups in total. The molecular formula is C26H20N2O3S2. The predicted octanol–water partition coefficient (Wildman–Crippen LogP) is 6.53. The highest BCUT2D eigenvalue weighted by atomic mass is 32.1. The SMILES string of the molecule is COc1cc(C=C(C#N)c2nc3ccccc3s2)ccc1OC(=O)c1csc2c1CCCC2. The van der Waals surface area contributed by atoms with Gasteiger partial charge in [-0.05, 0) is 67.2 Å². The van der Waals surface area contributed by atoms with Gasteiger partial charge in [-0.1, -0.05) is 18.2 Å². The van der Waals surface area contributed by atoms with Gasteiger partial charge in [0, 0.05) is 10.3 Å².